The van der Waals surface area contributed by atoms with E-state index in [0.717, 1.165) is 0 Å². The van der Waals surface area contributed by atoms with E-state index in [4.69, 9.17) is 9.47 Å². The smallest absolute Gasteiger partial charge is 0.314 e. The summed E-state index contributed by atoms with van der Waals surface area (Å²) in [5, 5.41) is 19.7. The monoisotopic (exact) mass is 227 g/mol. The number of nitro groups is 1. The number of benzene rings is 1. The molecule has 0 aliphatic carbocycles. The lowest BCUT2D eigenvalue weighted by atomic mass is 10.3. The van der Waals surface area contributed by atoms with Crippen molar-refractivity contribution in [1.82, 2.24) is 0 Å². The van der Waals surface area contributed by atoms with Crippen molar-refractivity contribution in [1.29, 1.82) is 0 Å². The molecule has 0 radical (unpaired) electrons. The van der Waals surface area contributed by atoms with Crippen LogP contribution in [0.25, 0.3) is 0 Å². The fourth-order valence-corrected chi connectivity index (χ4v) is 1.02. The van der Waals surface area contributed by atoms with E-state index in [-0.39, 0.29) is 17.5 Å². The molecule has 0 saturated carbocycles. The third kappa shape index (κ3) is 3.09. The van der Waals surface area contributed by atoms with Crippen LogP contribution in [0.3, 0.4) is 0 Å². The number of hydrogen-bond acceptors (Lipinski definition) is 5. The number of methoxy groups -OCH3 is 1. The molecule has 0 fully saturated rings. The first-order chi connectivity index (χ1) is 7.54. The Morgan fingerprint density at radius 3 is 2.81 bits per heavy atom. The van der Waals surface area contributed by atoms with Crippen molar-refractivity contribution < 1.29 is 19.5 Å². The van der Waals surface area contributed by atoms with E-state index in [0.29, 0.717) is 12.4 Å². The van der Waals surface area contributed by atoms with Crippen molar-refractivity contribution >= 4 is 5.69 Å². The second kappa shape index (κ2) is 5.32. The van der Waals surface area contributed by atoms with Crippen molar-refractivity contribution in [3.05, 3.63) is 28.3 Å². The Morgan fingerprint density at radius 1 is 1.56 bits per heavy atom. The largest absolute Gasteiger partial charge is 0.502 e. The highest BCUT2D eigenvalue weighted by atomic mass is 16.6. The van der Waals surface area contributed by atoms with E-state index in [9.17, 15) is 15.2 Å². The summed E-state index contributed by atoms with van der Waals surface area (Å²) in [7, 11) is 1.55. The molecule has 6 nitrogen and oxygen atoms in total. The Morgan fingerprint density at radius 2 is 2.25 bits per heavy atom. The highest BCUT2D eigenvalue weighted by Gasteiger charge is 2.14. The lowest BCUT2D eigenvalue weighted by Crippen LogP contribution is -2.15. The number of rotatable bonds is 5. The first kappa shape index (κ1) is 12.3. The Labute approximate surface area is 92.6 Å². The van der Waals surface area contributed by atoms with Gasteiger partial charge in [-0.1, -0.05) is 0 Å². The third-order valence-corrected chi connectivity index (χ3v) is 2.03. The number of phenolic OH excluding ortho intramolecular Hbond substituents is 1. The summed E-state index contributed by atoms with van der Waals surface area (Å²) >= 11 is 0. The lowest BCUT2D eigenvalue weighted by molar-refractivity contribution is -0.385. The van der Waals surface area contributed by atoms with Crippen LogP contribution in [0.15, 0.2) is 18.2 Å². The highest BCUT2D eigenvalue weighted by molar-refractivity contribution is 5.49. The van der Waals surface area contributed by atoms with Gasteiger partial charge < -0.3 is 14.6 Å². The number of nitro benzene ring substituents is 1. The molecule has 1 atom stereocenters. The lowest BCUT2D eigenvalue weighted by Gasteiger charge is -2.11. The van der Waals surface area contributed by atoms with Gasteiger partial charge in [0, 0.05) is 7.11 Å². The molecule has 0 heterocycles. The highest BCUT2D eigenvalue weighted by Crippen LogP contribution is 2.29. The molecule has 0 aromatic heterocycles. The second-order valence-electron chi connectivity index (χ2n) is 3.26. The predicted molar refractivity (Wildman–Crippen MR) is 56.7 cm³/mol. The predicted octanol–water partition coefficient (Wildman–Crippen LogP) is 1.71. The minimum atomic E-state index is -0.665. The Hall–Kier alpha value is -1.82. The molecule has 0 aliphatic heterocycles. The molecular weight excluding hydrogens is 214 g/mol. The standard InChI is InChI=1S/C10H13NO5/c1-7(15-2)6-16-8-3-4-10(12)9(5-8)11(13)14/h3-5,7,12H,6H2,1-2H3/t7-/m0/s1. The van der Waals surface area contributed by atoms with Crippen LogP contribution in [0, 0.1) is 10.1 Å². The first-order valence-corrected chi connectivity index (χ1v) is 4.67. The fourth-order valence-electron chi connectivity index (χ4n) is 1.02. The molecule has 1 N–H and O–H groups in total. The van der Waals surface area contributed by atoms with Gasteiger partial charge >= 0.3 is 5.69 Å². The van der Waals surface area contributed by atoms with E-state index in [1.807, 2.05) is 6.92 Å². The molecule has 16 heavy (non-hydrogen) atoms. The summed E-state index contributed by atoms with van der Waals surface area (Å²) in [4.78, 5) is 9.87. The van der Waals surface area contributed by atoms with Crippen LogP contribution >= 0.6 is 0 Å². The van der Waals surface area contributed by atoms with Crippen molar-refractivity contribution in [3.8, 4) is 11.5 Å². The number of hydrogen-bond donors (Lipinski definition) is 1. The van der Waals surface area contributed by atoms with Crippen LogP contribution in [-0.4, -0.2) is 29.9 Å². The molecule has 0 bridgehead atoms. The van der Waals surface area contributed by atoms with Crippen LogP contribution in [0.4, 0.5) is 5.69 Å². The molecular formula is C10H13NO5. The van der Waals surface area contributed by atoms with Crippen LogP contribution in [-0.2, 0) is 4.74 Å². The van der Waals surface area contributed by atoms with E-state index >= 15 is 0 Å². The van der Waals surface area contributed by atoms with Crippen LogP contribution in [0.2, 0.25) is 0 Å². The average Bonchev–Trinajstić information content (AvgIpc) is 2.27. The molecule has 1 aromatic carbocycles. The quantitative estimate of drug-likeness (QED) is 0.611. The average molecular weight is 227 g/mol. The van der Waals surface area contributed by atoms with Crippen LogP contribution in [0.5, 0.6) is 11.5 Å². The second-order valence-corrected chi connectivity index (χ2v) is 3.26. The van der Waals surface area contributed by atoms with Crippen molar-refractivity contribution in [2.45, 2.75) is 13.0 Å². The zero-order chi connectivity index (χ0) is 12.1. The molecule has 0 spiro atoms. The zero-order valence-electron chi connectivity index (χ0n) is 9.04. The maximum Gasteiger partial charge on any atom is 0.314 e. The van der Waals surface area contributed by atoms with Gasteiger partial charge in [-0.05, 0) is 19.1 Å². The van der Waals surface area contributed by atoms with Gasteiger partial charge in [0.2, 0.25) is 0 Å². The van der Waals surface area contributed by atoms with Gasteiger partial charge in [-0.15, -0.1) is 0 Å². The molecule has 0 amide bonds. The Bertz CT molecular complexity index is 379. The minimum absolute atomic E-state index is 0.104. The normalized spacial score (nSPS) is 12.1. The summed E-state index contributed by atoms with van der Waals surface area (Å²) in [6.45, 7) is 2.10. The molecule has 6 heteroatoms. The molecule has 88 valence electrons. The van der Waals surface area contributed by atoms with Crippen molar-refractivity contribution in [2.75, 3.05) is 13.7 Å². The van der Waals surface area contributed by atoms with Gasteiger partial charge in [0.25, 0.3) is 0 Å². The van der Waals surface area contributed by atoms with Gasteiger partial charge in [-0.3, -0.25) is 10.1 Å². The molecule has 0 aliphatic rings. The first-order valence-electron chi connectivity index (χ1n) is 4.67. The maximum absolute atomic E-state index is 10.5. The van der Waals surface area contributed by atoms with Gasteiger partial charge in [0.05, 0.1) is 17.1 Å². The van der Waals surface area contributed by atoms with Crippen LogP contribution in [0.1, 0.15) is 6.92 Å². The SMILES string of the molecule is CO[C@@H](C)COc1ccc(O)c([N+](=O)[O-])c1. The van der Waals surface area contributed by atoms with Gasteiger partial charge in [-0.2, -0.15) is 0 Å². The Kier molecular flexibility index (Phi) is 4.07. The van der Waals surface area contributed by atoms with Gasteiger partial charge in [0.1, 0.15) is 12.4 Å². The topological polar surface area (TPSA) is 81.8 Å². The van der Waals surface area contributed by atoms with E-state index in [1.165, 1.54) is 18.2 Å². The molecule has 1 aromatic rings. The number of nitrogens with zero attached hydrogens (tertiary/aromatic N) is 1. The Balaban J connectivity index is 2.75. The molecule has 0 saturated heterocycles. The summed E-state index contributed by atoms with van der Waals surface area (Å²) < 4.78 is 10.2. The maximum atomic E-state index is 10.5. The number of phenols is 1. The van der Waals surface area contributed by atoms with Crippen LogP contribution < -0.4 is 4.74 Å². The molecule has 1 rings (SSSR count). The van der Waals surface area contributed by atoms with Crippen molar-refractivity contribution in [3.63, 3.8) is 0 Å². The minimum Gasteiger partial charge on any atom is -0.502 e. The number of ether oxygens (including phenoxy) is 2. The summed E-state index contributed by atoms with van der Waals surface area (Å²) in [6, 6.07) is 3.87. The summed E-state index contributed by atoms with van der Waals surface area (Å²) in [6.07, 6.45) is -0.104. The zero-order valence-corrected chi connectivity index (χ0v) is 9.04. The fraction of sp³-hybridized carbons (Fsp3) is 0.400. The van der Waals surface area contributed by atoms with E-state index < -0.39 is 4.92 Å². The third-order valence-electron chi connectivity index (χ3n) is 2.03. The summed E-state index contributed by atoms with van der Waals surface area (Å²) in [5.41, 5.74) is -0.373. The number of aromatic hydroxyl groups is 1. The van der Waals surface area contributed by atoms with Gasteiger partial charge in [0.15, 0.2) is 5.75 Å². The van der Waals surface area contributed by atoms with E-state index in [2.05, 4.69) is 0 Å². The summed E-state index contributed by atoms with van der Waals surface area (Å²) in [5.74, 6) is -0.0504. The van der Waals surface area contributed by atoms with E-state index in [1.54, 1.807) is 7.11 Å². The van der Waals surface area contributed by atoms with Gasteiger partial charge in [-0.25, -0.2) is 0 Å². The molecule has 0 unspecified atom stereocenters. The van der Waals surface area contributed by atoms with Crippen molar-refractivity contribution in [2.24, 2.45) is 0 Å².